The number of hydrogen-bond donors (Lipinski definition) is 3. The zero-order chi connectivity index (χ0) is 25.6. The summed E-state index contributed by atoms with van der Waals surface area (Å²) in [6.45, 7) is 11.1. The summed E-state index contributed by atoms with van der Waals surface area (Å²) in [7, 11) is 0. The molecule has 7 heteroatoms. The van der Waals surface area contributed by atoms with E-state index in [-0.39, 0.29) is 48.2 Å². The molecule has 0 aromatic heterocycles. The molecule has 0 unspecified atom stereocenters. The molecule has 8 atom stereocenters. The van der Waals surface area contributed by atoms with Crippen LogP contribution in [0.1, 0.15) is 80.1 Å². The lowest BCUT2D eigenvalue weighted by molar-refractivity contribution is -0.159. The molecule has 0 amide bonds. The fraction of sp³-hybridized carbons (Fsp3) is 0.778. The van der Waals surface area contributed by atoms with Crippen LogP contribution >= 0.6 is 0 Å². The van der Waals surface area contributed by atoms with Crippen molar-refractivity contribution in [3.05, 3.63) is 11.1 Å². The van der Waals surface area contributed by atoms with E-state index in [9.17, 15) is 29.4 Å². The SMILES string of the molecule is C[C@H](CCC(=O)O)[C@H]1CC(=O)[C@@]2(C)C3=C(C(=O)[C@@H](O)[C@]12C)[C@@]1(C)CC[C@H](O)C(C)(C)[C@@H]1CC3=O. The average Bonchev–Trinajstić information content (AvgIpc) is 2.97. The van der Waals surface area contributed by atoms with Crippen LogP contribution < -0.4 is 0 Å². The highest BCUT2D eigenvalue weighted by atomic mass is 16.4. The molecular formula is C27H38O7. The second-order valence-corrected chi connectivity index (χ2v) is 12.5. The number of fused-ring (bicyclic) bond motifs is 4. The van der Waals surface area contributed by atoms with Crippen LogP contribution in [-0.4, -0.2) is 50.8 Å². The predicted octanol–water partition coefficient (Wildman–Crippen LogP) is 3.11. The number of carboxylic acid groups (broad SMARTS) is 1. The van der Waals surface area contributed by atoms with Crippen LogP contribution in [0.15, 0.2) is 11.1 Å². The minimum Gasteiger partial charge on any atom is -0.481 e. The number of carbonyl (C=O) groups is 4. The van der Waals surface area contributed by atoms with Gasteiger partial charge in [0.05, 0.1) is 11.5 Å². The Morgan fingerprint density at radius 1 is 1.03 bits per heavy atom. The number of allylic oxidation sites excluding steroid dienone is 1. The van der Waals surface area contributed by atoms with Gasteiger partial charge < -0.3 is 15.3 Å². The summed E-state index contributed by atoms with van der Waals surface area (Å²) >= 11 is 0. The number of ketones is 3. The van der Waals surface area contributed by atoms with Crippen molar-refractivity contribution < 1.29 is 34.5 Å². The fourth-order valence-corrected chi connectivity index (χ4v) is 8.40. The molecule has 0 radical (unpaired) electrons. The van der Waals surface area contributed by atoms with E-state index in [1.807, 2.05) is 27.7 Å². The van der Waals surface area contributed by atoms with Crippen molar-refractivity contribution in [2.45, 2.75) is 92.3 Å². The third kappa shape index (κ3) is 2.89. The Balaban J connectivity index is 1.91. The first-order valence-corrected chi connectivity index (χ1v) is 12.5. The van der Waals surface area contributed by atoms with Gasteiger partial charge in [-0.1, -0.05) is 34.6 Å². The summed E-state index contributed by atoms with van der Waals surface area (Å²) in [5.41, 5.74) is -3.25. The molecule has 4 rings (SSSR count). The monoisotopic (exact) mass is 474 g/mol. The van der Waals surface area contributed by atoms with Gasteiger partial charge in [0.15, 0.2) is 11.6 Å². The van der Waals surface area contributed by atoms with Gasteiger partial charge in [-0.3, -0.25) is 19.2 Å². The standard InChI is InChI=1S/C27H38O7/c1-13(7-8-19(31)32)14-11-18(30)27(6)20-15(28)12-16-24(2,3)17(29)9-10-25(16,4)21(20)22(33)23(34)26(14,27)5/h13-14,16-17,23,29,34H,7-12H2,1-6H3,(H,31,32)/t13-,14-,16+,17+,23-,25+,26+,27+/m1/s1. The molecule has 0 saturated heterocycles. The fourth-order valence-electron chi connectivity index (χ4n) is 8.40. The zero-order valence-electron chi connectivity index (χ0n) is 21.1. The van der Waals surface area contributed by atoms with Crippen molar-refractivity contribution in [1.29, 1.82) is 0 Å². The summed E-state index contributed by atoms with van der Waals surface area (Å²) in [4.78, 5) is 52.6. The molecule has 0 spiro atoms. The number of rotatable bonds is 4. The Labute approximate surface area is 201 Å². The normalized spacial score (nSPS) is 44.4. The lowest BCUT2D eigenvalue weighted by Gasteiger charge is -2.60. The number of carbonyl (C=O) groups excluding carboxylic acids is 3. The predicted molar refractivity (Wildman–Crippen MR) is 124 cm³/mol. The van der Waals surface area contributed by atoms with Crippen molar-refractivity contribution in [3.63, 3.8) is 0 Å². The van der Waals surface area contributed by atoms with Gasteiger partial charge in [0, 0.05) is 41.2 Å². The number of Topliss-reactive ketones (excluding diaryl/α,β-unsaturated/α-hetero) is 3. The van der Waals surface area contributed by atoms with Crippen LogP contribution in [0.5, 0.6) is 0 Å². The van der Waals surface area contributed by atoms with Crippen molar-refractivity contribution >= 4 is 23.3 Å². The minimum absolute atomic E-state index is 0.0628. The first-order chi connectivity index (χ1) is 15.6. The Morgan fingerprint density at radius 3 is 2.24 bits per heavy atom. The molecule has 0 aromatic carbocycles. The molecule has 2 fully saturated rings. The quantitative estimate of drug-likeness (QED) is 0.571. The van der Waals surface area contributed by atoms with Gasteiger partial charge in [0.25, 0.3) is 0 Å². The smallest absolute Gasteiger partial charge is 0.303 e. The molecular weight excluding hydrogens is 436 g/mol. The van der Waals surface area contributed by atoms with Crippen LogP contribution in [0, 0.1) is 39.4 Å². The maximum Gasteiger partial charge on any atom is 0.303 e. The Morgan fingerprint density at radius 2 is 1.65 bits per heavy atom. The van der Waals surface area contributed by atoms with Crippen LogP contribution in [0.4, 0.5) is 0 Å². The van der Waals surface area contributed by atoms with E-state index in [1.165, 1.54) is 0 Å². The molecule has 4 aliphatic carbocycles. The summed E-state index contributed by atoms with van der Waals surface area (Å²) in [5, 5.41) is 31.4. The van der Waals surface area contributed by atoms with Gasteiger partial charge in [-0.05, 0) is 49.4 Å². The van der Waals surface area contributed by atoms with Gasteiger partial charge >= 0.3 is 5.97 Å². The van der Waals surface area contributed by atoms with E-state index in [2.05, 4.69) is 0 Å². The highest BCUT2D eigenvalue weighted by Gasteiger charge is 2.73. The van der Waals surface area contributed by atoms with Gasteiger partial charge in [-0.15, -0.1) is 0 Å². The summed E-state index contributed by atoms with van der Waals surface area (Å²) in [5.74, 6) is -2.72. The third-order valence-corrected chi connectivity index (χ3v) is 10.8. The number of carboxylic acids is 1. The topological polar surface area (TPSA) is 129 Å². The van der Waals surface area contributed by atoms with Crippen molar-refractivity contribution in [2.75, 3.05) is 0 Å². The van der Waals surface area contributed by atoms with E-state index in [0.29, 0.717) is 24.8 Å². The maximum atomic E-state index is 14.0. The largest absolute Gasteiger partial charge is 0.481 e. The first kappa shape index (κ1) is 25.2. The number of aliphatic hydroxyl groups excluding tert-OH is 2. The number of hydrogen-bond acceptors (Lipinski definition) is 6. The molecule has 0 aliphatic heterocycles. The third-order valence-electron chi connectivity index (χ3n) is 10.8. The van der Waals surface area contributed by atoms with E-state index in [4.69, 9.17) is 5.11 Å². The molecule has 0 bridgehead atoms. The van der Waals surface area contributed by atoms with Gasteiger partial charge in [0.1, 0.15) is 11.9 Å². The molecule has 34 heavy (non-hydrogen) atoms. The zero-order valence-corrected chi connectivity index (χ0v) is 21.1. The van der Waals surface area contributed by atoms with Crippen molar-refractivity contribution in [1.82, 2.24) is 0 Å². The Hall–Kier alpha value is -1.86. The van der Waals surface area contributed by atoms with E-state index in [1.54, 1.807) is 13.8 Å². The molecule has 2 saturated carbocycles. The Kier molecular flexibility index (Phi) is 5.62. The highest BCUT2D eigenvalue weighted by molar-refractivity contribution is 6.17. The molecule has 4 aliphatic rings. The maximum absolute atomic E-state index is 14.0. The van der Waals surface area contributed by atoms with Crippen LogP contribution in [0.25, 0.3) is 0 Å². The Bertz CT molecular complexity index is 1010. The van der Waals surface area contributed by atoms with E-state index >= 15 is 0 Å². The lowest BCUT2D eigenvalue weighted by atomic mass is 9.42. The minimum atomic E-state index is -1.46. The summed E-state index contributed by atoms with van der Waals surface area (Å²) in [6.07, 6.45) is -0.556. The number of aliphatic hydroxyl groups is 2. The first-order valence-electron chi connectivity index (χ1n) is 12.5. The summed E-state index contributed by atoms with van der Waals surface area (Å²) in [6, 6.07) is 0. The highest BCUT2D eigenvalue weighted by Crippen LogP contribution is 2.70. The van der Waals surface area contributed by atoms with Crippen LogP contribution in [-0.2, 0) is 19.2 Å². The van der Waals surface area contributed by atoms with Crippen LogP contribution in [0.3, 0.4) is 0 Å². The van der Waals surface area contributed by atoms with Crippen molar-refractivity contribution in [3.8, 4) is 0 Å². The van der Waals surface area contributed by atoms with Gasteiger partial charge in [-0.25, -0.2) is 0 Å². The van der Waals surface area contributed by atoms with Crippen molar-refractivity contribution in [2.24, 2.45) is 39.4 Å². The second kappa shape index (κ2) is 7.57. The van der Waals surface area contributed by atoms with E-state index < -0.39 is 51.5 Å². The average molecular weight is 475 g/mol. The van der Waals surface area contributed by atoms with E-state index in [0.717, 1.165) is 0 Å². The van der Waals surface area contributed by atoms with Crippen LogP contribution in [0.2, 0.25) is 0 Å². The molecule has 0 aromatic rings. The lowest BCUT2D eigenvalue weighted by Crippen LogP contribution is -2.64. The molecule has 188 valence electrons. The van der Waals surface area contributed by atoms with Gasteiger partial charge in [-0.2, -0.15) is 0 Å². The van der Waals surface area contributed by atoms with Gasteiger partial charge in [0.2, 0.25) is 0 Å². The summed E-state index contributed by atoms with van der Waals surface area (Å²) < 4.78 is 0. The second-order valence-electron chi connectivity index (χ2n) is 12.5. The molecule has 0 heterocycles. The number of aliphatic carboxylic acids is 1. The molecule has 7 nitrogen and oxygen atoms in total. The molecule has 3 N–H and O–H groups in total.